The van der Waals surface area contributed by atoms with Gasteiger partial charge in [0.25, 0.3) is 0 Å². The molecule has 21 nitrogen and oxygen atoms in total. The summed E-state index contributed by atoms with van der Waals surface area (Å²) < 4.78 is 38.9. The molecule has 3 N–H and O–H groups in total. The van der Waals surface area contributed by atoms with Gasteiger partial charge in [-0.3, -0.25) is 19.4 Å². The fourth-order valence-electron chi connectivity index (χ4n) is 16.4. The number of aromatic nitrogens is 8. The smallest absolute Gasteiger partial charge is 0.416 e. The molecule has 0 bridgehead atoms. The van der Waals surface area contributed by atoms with Crippen LogP contribution in [-0.2, 0) is 37.1 Å². The summed E-state index contributed by atoms with van der Waals surface area (Å²) in [6, 6.07) is 54.2. The Kier molecular flexibility index (Phi) is 27.2. The number of H-pyrrole nitrogens is 3. The summed E-state index contributed by atoms with van der Waals surface area (Å²) >= 11 is 31.0. The molecule has 9 heterocycles. The number of carbonyl (C=O) groups is 3. The summed E-state index contributed by atoms with van der Waals surface area (Å²) in [5.41, 5.74) is 12.3. The average Bonchev–Trinajstić information content (AvgIpc) is 1.64. The average molecular weight is 1690 g/mol. The van der Waals surface area contributed by atoms with Crippen molar-refractivity contribution in [3.63, 3.8) is 0 Å². The van der Waals surface area contributed by atoms with Crippen molar-refractivity contribution in [3.05, 3.63) is 296 Å². The summed E-state index contributed by atoms with van der Waals surface area (Å²) in [7, 11) is 2.17. The normalized spacial score (nSPS) is 16.4. The Hall–Kier alpha value is -10.9. The molecule has 1 saturated heterocycles. The number of unbranched alkanes of at least 4 members (excludes halogenated alkanes) is 6. The maximum atomic E-state index is 13.5. The molecule has 118 heavy (non-hydrogen) atoms. The van der Waals surface area contributed by atoms with Crippen LogP contribution in [0.25, 0.3) is 32.7 Å². The van der Waals surface area contributed by atoms with Crippen LogP contribution >= 0.6 is 58.0 Å². The lowest BCUT2D eigenvalue weighted by atomic mass is 9.92. The number of rotatable bonds is 25. The van der Waals surface area contributed by atoms with Crippen LogP contribution in [0.5, 0.6) is 28.7 Å². The van der Waals surface area contributed by atoms with E-state index in [1.807, 2.05) is 151 Å². The number of amides is 3. The Morgan fingerprint density at radius 3 is 1.30 bits per heavy atom. The Morgan fingerprint density at radius 2 is 0.881 bits per heavy atom. The van der Waals surface area contributed by atoms with Crippen molar-refractivity contribution >= 4 is 109 Å². The van der Waals surface area contributed by atoms with Gasteiger partial charge in [0.15, 0.2) is 0 Å². The lowest BCUT2D eigenvalue weighted by Gasteiger charge is -2.35. The van der Waals surface area contributed by atoms with Gasteiger partial charge in [-0.05, 0) is 251 Å². The molecule has 0 radical (unpaired) electrons. The quantitative estimate of drug-likeness (QED) is 0.0359. The third-order valence-corrected chi connectivity index (χ3v) is 23.4. The van der Waals surface area contributed by atoms with Gasteiger partial charge in [0.05, 0.1) is 32.4 Å². The second kappa shape index (κ2) is 39.1. The third kappa shape index (κ3) is 20.3. The van der Waals surface area contributed by atoms with Crippen LogP contribution in [0, 0.1) is 5.92 Å². The van der Waals surface area contributed by atoms with Gasteiger partial charge in [0, 0.05) is 132 Å². The minimum atomic E-state index is -0.422. The molecule has 4 aliphatic rings. The molecular weight excluding hydrogens is 1590 g/mol. The summed E-state index contributed by atoms with van der Waals surface area (Å²) in [6.45, 7) is 11.3. The van der Waals surface area contributed by atoms with E-state index in [0.717, 1.165) is 173 Å². The number of aromatic amines is 3. The Morgan fingerprint density at radius 1 is 0.466 bits per heavy atom. The first-order valence-corrected chi connectivity index (χ1v) is 42.1. The van der Waals surface area contributed by atoms with Gasteiger partial charge in [0.2, 0.25) is 0 Å². The van der Waals surface area contributed by atoms with Gasteiger partial charge in [-0.1, -0.05) is 120 Å². The highest BCUT2D eigenvalue weighted by molar-refractivity contribution is 6.32. The summed E-state index contributed by atoms with van der Waals surface area (Å²) in [5, 5.41) is 10.6. The SMILES string of the molecule is C=COC(=O)N1CCc2c([nH]c3ccc(Cl)cc23)C1c1ccc(OCC2CCCN(C)C2)cc1.O=C(Oc1ccc(Cl)cc1)N1CCc2c([nH]c3ccc(Cl)cc23)C1c1ccc(OCCCCCCn2ccnc2)cc1.O=C(Oc1ccc(Cl)cc1)N1CCc2c([nH]c3ccc(Cl)cc23)C1c1ccc(OCCCCCCn2cncn2)cc1. The number of likely N-dealkylation sites (tertiary alicyclic amines) is 1. The molecule has 4 atom stereocenters. The van der Waals surface area contributed by atoms with Crippen LogP contribution in [0.3, 0.4) is 0 Å². The highest BCUT2D eigenvalue weighted by Crippen LogP contribution is 2.44. The number of piperidine rings is 1. The first kappa shape index (κ1) is 82.2. The van der Waals surface area contributed by atoms with Gasteiger partial charge in [-0.25, -0.2) is 24.4 Å². The number of fused-ring (bicyclic) bond motifs is 9. The number of imidazole rings is 1. The molecule has 0 saturated carbocycles. The van der Waals surface area contributed by atoms with Gasteiger partial charge in [-0.15, -0.1) is 0 Å². The van der Waals surface area contributed by atoms with E-state index < -0.39 is 18.3 Å². The van der Waals surface area contributed by atoms with Gasteiger partial charge in [0.1, 0.15) is 59.5 Å². The van der Waals surface area contributed by atoms with Crippen molar-refractivity contribution in [3.8, 4) is 28.7 Å². The predicted molar refractivity (Wildman–Crippen MR) is 464 cm³/mol. The molecule has 8 aromatic carbocycles. The summed E-state index contributed by atoms with van der Waals surface area (Å²) in [4.78, 5) is 66.2. The molecule has 4 unspecified atom stereocenters. The highest BCUT2D eigenvalue weighted by atomic mass is 35.5. The maximum Gasteiger partial charge on any atom is 0.416 e. The predicted octanol–water partition coefficient (Wildman–Crippen LogP) is 22.1. The summed E-state index contributed by atoms with van der Waals surface area (Å²) in [6.07, 6.45) is 22.1. The van der Waals surface area contributed by atoms with Gasteiger partial charge >= 0.3 is 18.3 Å². The Balaban J connectivity index is 0.000000139. The second-order valence-electron chi connectivity index (χ2n) is 30.1. The minimum Gasteiger partial charge on any atom is -0.494 e. The number of hydrogen-bond acceptors (Lipinski definition) is 13. The topological polar surface area (TPSA) is 215 Å². The molecule has 0 spiro atoms. The number of nitrogens with zero attached hydrogens (tertiary/aromatic N) is 9. The lowest BCUT2D eigenvalue weighted by molar-refractivity contribution is 0.121. The Bertz CT molecular complexity index is 5280. The first-order valence-electron chi connectivity index (χ1n) is 40.2. The zero-order valence-electron chi connectivity index (χ0n) is 65.6. The van der Waals surface area contributed by atoms with Crippen LogP contribution in [0.1, 0.15) is 133 Å². The van der Waals surface area contributed by atoms with E-state index >= 15 is 0 Å². The number of ether oxygens (including phenoxy) is 6. The van der Waals surface area contributed by atoms with E-state index in [4.69, 9.17) is 86.4 Å². The van der Waals surface area contributed by atoms with E-state index in [2.05, 4.69) is 53.1 Å². The zero-order valence-corrected chi connectivity index (χ0v) is 69.4. The molecule has 0 aliphatic carbocycles. The van der Waals surface area contributed by atoms with Crippen molar-refractivity contribution in [1.82, 2.24) is 58.9 Å². The molecule has 26 heteroatoms. The minimum absolute atomic E-state index is 0.302. The third-order valence-electron chi connectivity index (χ3n) is 22.1. The van der Waals surface area contributed by atoms with Crippen molar-refractivity contribution in [1.29, 1.82) is 0 Å². The van der Waals surface area contributed by atoms with Crippen molar-refractivity contribution < 1.29 is 42.8 Å². The van der Waals surface area contributed by atoms with E-state index in [0.29, 0.717) is 88.2 Å². The molecular formula is C92H93Cl5N12O9. The number of benzene rings is 8. The molecule has 610 valence electrons. The monoisotopic (exact) mass is 1680 g/mol. The van der Waals surface area contributed by atoms with Crippen LogP contribution in [0.15, 0.2) is 220 Å². The van der Waals surface area contributed by atoms with Crippen LogP contribution in [0.2, 0.25) is 25.1 Å². The molecule has 3 amide bonds. The molecule has 17 rings (SSSR count). The molecule has 1 fully saturated rings. The van der Waals surface area contributed by atoms with Crippen molar-refractivity contribution in [2.75, 3.05) is 59.6 Å². The maximum absolute atomic E-state index is 13.5. The van der Waals surface area contributed by atoms with Crippen LogP contribution in [0.4, 0.5) is 14.4 Å². The number of carbonyl (C=O) groups excluding carboxylic acids is 3. The van der Waals surface area contributed by atoms with Crippen LogP contribution in [-0.4, -0.2) is 137 Å². The number of halogens is 5. The van der Waals surface area contributed by atoms with Gasteiger partial charge < -0.3 is 52.8 Å². The van der Waals surface area contributed by atoms with Crippen molar-refractivity contribution in [2.45, 2.75) is 115 Å². The van der Waals surface area contributed by atoms with Crippen molar-refractivity contribution in [2.24, 2.45) is 5.92 Å². The highest BCUT2D eigenvalue weighted by Gasteiger charge is 2.39. The van der Waals surface area contributed by atoms with E-state index in [-0.39, 0.29) is 18.1 Å². The van der Waals surface area contributed by atoms with Gasteiger partial charge in [-0.2, -0.15) is 5.10 Å². The molecule has 13 aromatic rings. The lowest BCUT2D eigenvalue weighted by Crippen LogP contribution is -2.42. The zero-order chi connectivity index (χ0) is 81.4. The number of hydrogen-bond donors (Lipinski definition) is 3. The fourth-order valence-corrected chi connectivity index (χ4v) is 17.1. The fraction of sp³-hybridized carbons (Fsp3) is 0.304. The first-order chi connectivity index (χ1) is 57.6. The number of nitrogens with one attached hydrogen (secondary N) is 3. The Labute approximate surface area is 710 Å². The standard InChI is InChI=1S/C33H32Cl2N4O3.C32H31Cl2N5O3.C27H30ClN3O3/c34-24-7-12-27(13-8-24)42-33(40)39-18-15-28-29-21-25(35)9-14-30(29)37-31(28)32(39)23-5-10-26(11-6-23)41-20-4-2-1-3-17-38-19-16-36-22-38;33-23-7-12-26(13-8-23)42-32(40)39-17-15-27-28-19-24(34)9-14-29(28)37-30(27)31(39)22-5-10-25(11-6-22)41-18-4-2-1-3-16-38-21-35-20-36-38;1-3-33-27(32)31-14-12-22-23-15-20(28)8-11-24(23)29-25(22)26(31)19-6-9-21(10-7-19)34-17-18-5-4-13-30(2)16-18/h5-14,16,19,21-22,32,37H,1-4,15,17-18,20H2;5-14,19-21,31,37H,1-4,15-18H2;3,6-11,15,18,26,29H,1,4-5,12-14,16-17H2,2H3. The molecule has 5 aromatic heterocycles. The largest absolute Gasteiger partial charge is 0.494 e. The van der Waals surface area contributed by atoms with E-state index in [1.54, 1.807) is 75.9 Å². The van der Waals surface area contributed by atoms with Crippen LogP contribution < -0.4 is 23.7 Å². The molecule has 4 aliphatic heterocycles. The second-order valence-corrected chi connectivity index (χ2v) is 32.3. The van der Waals surface area contributed by atoms with E-state index in [1.165, 1.54) is 36.8 Å². The van der Waals surface area contributed by atoms with E-state index in [9.17, 15) is 14.4 Å². The summed E-state index contributed by atoms with van der Waals surface area (Å²) in [5.74, 6) is 3.91. The number of aryl methyl sites for hydroxylation is 2.